The lowest BCUT2D eigenvalue weighted by molar-refractivity contribution is -0.0836. The summed E-state index contributed by atoms with van der Waals surface area (Å²) in [4.78, 5) is 0.155. The standard InChI is InChI=1S/C29H39NO4S/c1-18-3-5-20(6-4-18)35(32,33)34-17-19(16-30)25-9-10-26-23-7-8-24-22(12-14-29(31)15-27(24)29)21(23)11-13-28(25,26)2/h3-6,19,21-27,31H,7-15,17H2,1-2H3/t19?,21-,22-,23-,24+,25-,26+,27?,28-,29+/m1/s1. The molecule has 1 N–H and O–H groups in total. The van der Waals surface area contributed by atoms with Crippen molar-refractivity contribution in [3.8, 4) is 6.07 Å². The Bertz CT molecular complexity index is 1130. The van der Waals surface area contributed by atoms with E-state index in [2.05, 4.69) is 13.0 Å². The SMILES string of the molecule is Cc1ccc(S(=O)(=O)OCC(C#N)[C@H]2CC[C@H]3[C@@H]4CC[C@@H]5C6C[C@@]6(O)CC[C@@H]5[C@H]4CC[C@]23C)cc1. The van der Waals surface area contributed by atoms with Crippen LogP contribution in [0.4, 0.5) is 0 Å². The third-order valence-electron chi connectivity index (χ3n) is 11.4. The normalized spacial score (nSPS) is 44.8. The number of hydrogen-bond acceptors (Lipinski definition) is 5. The molecule has 6 rings (SSSR count). The number of nitriles is 1. The fourth-order valence-corrected chi connectivity index (χ4v) is 10.5. The highest BCUT2D eigenvalue weighted by atomic mass is 32.2. The molecule has 0 bridgehead atoms. The molecule has 0 spiro atoms. The summed E-state index contributed by atoms with van der Waals surface area (Å²) in [5, 5.41) is 20.8. The number of rotatable bonds is 5. The Kier molecular flexibility index (Phi) is 5.68. The van der Waals surface area contributed by atoms with Gasteiger partial charge in [-0.15, -0.1) is 0 Å². The summed E-state index contributed by atoms with van der Waals surface area (Å²) in [6, 6.07) is 9.13. The van der Waals surface area contributed by atoms with Gasteiger partial charge in [-0.05, 0) is 124 Å². The van der Waals surface area contributed by atoms with Gasteiger partial charge in [0.2, 0.25) is 0 Å². The molecule has 5 nitrogen and oxygen atoms in total. The van der Waals surface area contributed by atoms with Crippen molar-refractivity contribution < 1.29 is 17.7 Å². The van der Waals surface area contributed by atoms with Gasteiger partial charge in [-0.2, -0.15) is 13.7 Å². The molecule has 0 aromatic heterocycles. The van der Waals surface area contributed by atoms with E-state index < -0.39 is 16.0 Å². The maximum Gasteiger partial charge on any atom is 0.297 e. The molecule has 5 aliphatic rings. The molecule has 5 fully saturated rings. The van der Waals surface area contributed by atoms with Gasteiger partial charge < -0.3 is 5.11 Å². The van der Waals surface area contributed by atoms with Gasteiger partial charge in [0.15, 0.2) is 0 Å². The van der Waals surface area contributed by atoms with Crippen molar-refractivity contribution in [1.29, 1.82) is 5.26 Å². The van der Waals surface area contributed by atoms with Gasteiger partial charge >= 0.3 is 0 Å². The molecular formula is C29H39NO4S. The zero-order chi connectivity index (χ0) is 24.6. The van der Waals surface area contributed by atoms with Gasteiger partial charge in [0, 0.05) is 0 Å². The van der Waals surface area contributed by atoms with Crippen LogP contribution in [0, 0.1) is 71.0 Å². The Hall–Kier alpha value is -1.42. The average molecular weight is 498 g/mol. The van der Waals surface area contributed by atoms with Crippen LogP contribution in [0.2, 0.25) is 0 Å². The predicted octanol–water partition coefficient (Wildman–Crippen LogP) is 5.47. The van der Waals surface area contributed by atoms with Crippen molar-refractivity contribution in [2.24, 2.45) is 52.8 Å². The van der Waals surface area contributed by atoms with Crippen LogP contribution in [-0.4, -0.2) is 25.7 Å². The first-order valence-electron chi connectivity index (χ1n) is 13.7. The highest BCUT2D eigenvalue weighted by Gasteiger charge is 2.65. The van der Waals surface area contributed by atoms with Crippen LogP contribution in [0.25, 0.3) is 0 Å². The maximum absolute atomic E-state index is 12.8. The van der Waals surface area contributed by atoms with Crippen LogP contribution in [0.5, 0.6) is 0 Å². The van der Waals surface area contributed by atoms with Crippen LogP contribution >= 0.6 is 0 Å². The molecule has 0 saturated heterocycles. The number of hydrogen-bond donors (Lipinski definition) is 1. The largest absolute Gasteiger partial charge is 0.390 e. The summed E-state index contributed by atoms with van der Waals surface area (Å²) in [6.07, 6.45) is 10.2. The number of aliphatic hydroxyl groups is 1. The minimum atomic E-state index is -3.87. The second-order valence-electron chi connectivity index (χ2n) is 12.8. The summed E-state index contributed by atoms with van der Waals surface area (Å²) >= 11 is 0. The first kappa shape index (κ1) is 23.9. The molecule has 5 saturated carbocycles. The highest BCUT2D eigenvalue weighted by molar-refractivity contribution is 7.86. The van der Waals surface area contributed by atoms with E-state index in [0.29, 0.717) is 11.8 Å². The van der Waals surface area contributed by atoms with Gasteiger partial charge in [0.25, 0.3) is 10.1 Å². The minimum Gasteiger partial charge on any atom is -0.390 e. The van der Waals surface area contributed by atoms with E-state index in [-0.39, 0.29) is 28.4 Å². The molecule has 6 heteroatoms. The Morgan fingerprint density at radius 2 is 1.66 bits per heavy atom. The fourth-order valence-electron chi connectivity index (χ4n) is 9.56. The predicted molar refractivity (Wildman–Crippen MR) is 132 cm³/mol. The van der Waals surface area contributed by atoms with Crippen molar-refractivity contribution >= 4 is 10.1 Å². The van der Waals surface area contributed by atoms with Gasteiger partial charge in [0.1, 0.15) is 0 Å². The second-order valence-corrected chi connectivity index (χ2v) is 14.4. The van der Waals surface area contributed by atoms with Crippen molar-refractivity contribution in [2.75, 3.05) is 6.61 Å². The van der Waals surface area contributed by atoms with Crippen molar-refractivity contribution in [3.63, 3.8) is 0 Å². The van der Waals surface area contributed by atoms with Crippen LogP contribution in [0.1, 0.15) is 70.3 Å². The monoisotopic (exact) mass is 497 g/mol. The van der Waals surface area contributed by atoms with E-state index in [1.807, 2.05) is 6.92 Å². The Morgan fingerprint density at radius 3 is 2.34 bits per heavy atom. The van der Waals surface area contributed by atoms with E-state index in [1.165, 1.54) is 25.7 Å². The molecule has 35 heavy (non-hydrogen) atoms. The van der Waals surface area contributed by atoms with Crippen LogP contribution < -0.4 is 0 Å². The topological polar surface area (TPSA) is 87.4 Å². The number of aryl methyl sites for hydroxylation is 1. The van der Waals surface area contributed by atoms with Crippen molar-refractivity contribution in [2.45, 2.75) is 82.1 Å². The molecule has 0 heterocycles. The van der Waals surface area contributed by atoms with Crippen molar-refractivity contribution in [3.05, 3.63) is 29.8 Å². The second kappa shape index (κ2) is 8.30. The van der Waals surface area contributed by atoms with Gasteiger partial charge in [0.05, 0.1) is 29.1 Å². The summed E-state index contributed by atoms with van der Waals surface area (Å²) in [7, 11) is -3.87. The molecule has 1 aromatic rings. The average Bonchev–Trinajstić information content (AvgIpc) is 3.42. The molecule has 10 atom stereocenters. The van der Waals surface area contributed by atoms with Crippen LogP contribution in [0.3, 0.4) is 0 Å². The molecular weight excluding hydrogens is 458 g/mol. The first-order chi connectivity index (χ1) is 16.7. The Morgan fingerprint density at radius 1 is 1.00 bits per heavy atom. The van der Waals surface area contributed by atoms with E-state index >= 15 is 0 Å². The summed E-state index contributed by atoms with van der Waals surface area (Å²) < 4.78 is 31.0. The summed E-state index contributed by atoms with van der Waals surface area (Å²) in [6.45, 7) is 4.25. The molecule has 0 amide bonds. The highest BCUT2D eigenvalue weighted by Crippen LogP contribution is 2.69. The van der Waals surface area contributed by atoms with Crippen molar-refractivity contribution in [1.82, 2.24) is 0 Å². The number of fused-ring (bicyclic) bond motifs is 7. The minimum absolute atomic E-state index is 0.0568. The molecule has 190 valence electrons. The molecule has 0 aliphatic heterocycles. The fraction of sp³-hybridized carbons (Fsp3) is 0.759. The summed E-state index contributed by atoms with van der Waals surface area (Å²) in [5.41, 5.74) is 0.754. The Balaban J connectivity index is 1.15. The zero-order valence-corrected chi connectivity index (χ0v) is 21.8. The smallest absolute Gasteiger partial charge is 0.297 e. The third kappa shape index (κ3) is 3.80. The van der Waals surface area contributed by atoms with Gasteiger partial charge in [-0.1, -0.05) is 24.6 Å². The molecule has 1 aromatic carbocycles. The lowest BCUT2D eigenvalue weighted by Gasteiger charge is -2.56. The Labute approximate surface area is 210 Å². The van der Waals surface area contributed by atoms with E-state index in [4.69, 9.17) is 4.18 Å². The van der Waals surface area contributed by atoms with Crippen LogP contribution in [-0.2, 0) is 14.3 Å². The molecule has 2 unspecified atom stereocenters. The lowest BCUT2D eigenvalue weighted by Crippen LogP contribution is -2.50. The van der Waals surface area contributed by atoms with E-state index in [9.17, 15) is 18.8 Å². The third-order valence-corrected chi connectivity index (χ3v) is 12.7. The van der Waals surface area contributed by atoms with Crippen LogP contribution in [0.15, 0.2) is 29.2 Å². The zero-order valence-electron chi connectivity index (χ0n) is 21.0. The first-order valence-corrected chi connectivity index (χ1v) is 15.2. The van der Waals surface area contributed by atoms with Gasteiger partial charge in [-0.3, -0.25) is 4.18 Å². The van der Waals surface area contributed by atoms with Gasteiger partial charge in [-0.25, -0.2) is 0 Å². The molecule has 0 radical (unpaired) electrons. The lowest BCUT2D eigenvalue weighted by atomic mass is 9.49. The summed E-state index contributed by atoms with van der Waals surface area (Å²) in [5.74, 6) is 3.96. The quantitative estimate of drug-likeness (QED) is 0.545. The maximum atomic E-state index is 12.8. The molecule has 5 aliphatic carbocycles. The number of benzene rings is 1. The van der Waals surface area contributed by atoms with E-state index in [1.54, 1.807) is 24.3 Å². The number of nitrogens with zero attached hydrogens (tertiary/aromatic N) is 1. The van der Waals surface area contributed by atoms with E-state index in [0.717, 1.165) is 61.3 Å².